The van der Waals surface area contributed by atoms with Crippen molar-refractivity contribution >= 4 is 23.2 Å². The number of fused-ring (bicyclic) bond motifs is 1. The molecule has 2 N–H and O–H groups in total. The summed E-state index contributed by atoms with van der Waals surface area (Å²) in [4.78, 5) is 24.1. The second kappa shape index (κ2) is 7.65. The zero-order valence-electron chi connectivity index (χ0n) is 15.4. The van der Waals surface area contributed by atoms with Crippen molar-refractivity contribution in [1.29, 1.82) is 0 Å². The number of carbonyl (C=O) groups is 2. The van der Waals surface area contributed by atoms with Gasteiger partial charge in [0.05, 0.1) is 19.9 Å². The van der Waals surface area contributed by atoms with Gasteiger partial charge in [-0.05, 0) is 29.3 Å². The molecule has 0 aliphatic carbocycles. The van der Waals surface area contributed by atoms with E-state index >= 15 is 0 Å². The first-order valence-electron chi connectivity index (χ1n) is 8.61. The van der Waals surface area contributed by atoms with Gasteiger partial charge in [0.2, 0.25) is 11.8 Å². The summed E-state index contributed by atoms with van der Waals surface area (Å²) in [6.07, 6.45) is 0.533. The van der Waals surface area contributed by atoms with Crippen LogP contribution in [0.5, 0.6) is 11.5 Å². The van der Waals surface area contributed by atoms with E-state index in [1.54, 1.807) is 31.2 Å². The van der Waals surface area contributed by atoms with Crippen LogP contribution < -0.4 is 20.1 Å². The van der Waals surface area contributed by atoms with E-state index in [2.05, 4.69) is 10.6 Å². The number of ether oxygens (including phenoxy) is 2. The smallest absolute Gasteiger partial charge is 0.225 e. The van der Waals surface area contributed by atoms with Crippen LogP contribution in [0.2, 0.25) is 0 Å². The summed E-state index contributed by atoms with van der Waals surface area (Å²) >= 11 is 0. The second-order valence-corrected chi connectivity index (χ2v) is 6.24. The van der Waals surface area contributed by atoms with E-state index in [-0.39, 0.29) is 29.9 Å². The van der Waals surface area contributed by atoms with Crippen LogP contribution in [-0.4, -0.2) is 26.0 Å². The summed E-state index contributed by atoms with van der Waals surface area (Å²) in [7, 11) is 2.89. The van der Waals surface area contributed by atoms with Crippen molar-refractivity contribution in [1.82, 2.24) is 0 Å². The highest BCUT2D eigenvalue weighted by molar-refractivity contribution is 5.98. The van der Waals surface area contributed by atoms with E-state index in [0.717, 1.165) is 11.1 Å². The largest absolute Gasteiger partial charge is 0.494 e. The molecule has 0 radical (unpaired) electrons. The normalized spacial score (nSPS) is 15.6. The number of halogens is 1. The maximum Gasteiger partial charge on any atom is 0.225 e. The van der Waals surface area contributed by atoms with Crippen LogP contribution in [0, 0.1) is 5.82 Å². The molecule has 0 saturated heterocycles. The van der Waals surface area contributed by atoms with Gasteiger partial charge in [-0.1, -0.05) is 13.0 Å². The lowest BCUT2D eigenvalue weighted by Crippen LogP contribution is -2.24. The molecule has 2 amide bonds. The molecule has 2 aromatic carbocycles. The highest BCUT2D eigenvalue weighted by atomic mass is 19.1. The van der Waals surface area contributed by atoms with E-state index in [4.69, 9.17) is 9.47 Å². The SMILES string of the molecule is CCC(=O)Nc1cc2c(cc1OC)NC(=O)CC2c1ccc(F)c(OC)c1. The van der Waals surface area contributed by atoms with Gasteiger partial charge in [-0.3, -0.25) is 9.59 Å². The van der Waals surface area contributed by atoms with E-state index in [1.165, 1.54) is 20.3 Å². The number of benzene rings is 2. The summed E-state index contributed by atoms with van der Waals surface area (Å²) in [5, 5.41) is 5.65. The molecule has 7 heteroatoms. The summed E-state index contributed by atoms with van der Waals surface area (Å²) in [5.74, 6) is -0.490. The lowest BCUT2D eigenvalue weighted by molar-refractivity contribution is -0.117. The molecule has 1 atom stereocenters. The molecule has 1 heterocycles. The quantitative estimate of drug-likeness (QED) is 0.840. The minimum absolute atomic E-state index is 0.119. The van der Waals surface area contributed by atoms with Crippen molar-refractivity contribution in [3.05, 3.63) is 47.3 Å². The number of anilines is 2. The van der Waals surface area contributed by atoms with Gasteiger partial charge in [-0.25, -0.2) is 4.39 Å². The second-order valence-electron chi connectivity index (χ2n) is 6.24. The number of methoxy groups -OCH3 is 2. The lowest BCUT2D eigenvalue weighted by Gasteiger charge is -2.28. The molecule has 142 valence electrons. The molecule has 1 aliphatic heterocycles. The van der Waals surface area contributed by atoms with E-state index < -0.39 is 5.82 Å². The first kappa shape index (κ1) is 18.7. The average Bonchev–Trinajstić information content (AvgIpc) is 2.67. The number of amides is 2. The summed E-state index contributed by atoms with van der Waals surface area (Å²) in [6, 6.07) is 8.03. The Balaban J connectivity index is 2.10. The van der Waals surface area contributed by atoms with Gasteiger partial charge in [0.25, 0.3) is 0 Å². The van der Waals surface area contributed by atoms with E-state index in [9.17, 15) is 14.0 Å². The summed E-state index contributed by atoms with van der Waals surface area (Å²) in [5.41, 5.74) is 2.70. The molecule has 0 spiro atoms. The van der Waals surface area contributed by atoms with Gasteiger partial charge in [-0.15, -0.1) is 0 Å². The third-order valence-electron chi connectivity index (χ3n) is 4.58. The number of hydrogen-bond acceptors (Lipinski definition) is 4. The maximum atomic E-state index is 13.8. The van der Waals surface area contributed by atoms with Crippen LogP contribution in [0.3, 0.4) is 0 Å². The van der Waals surface area contributed by atoms with Gasteiger partial charge in [0, 0.05) is 30.5 Å². The van der Waals surface area contributed by atoms with Crippen molar-refractivity contribution in [2.24, 2.45) is 0 Å². The van der Waals surface area contributed by atoms with Crippen LogP contribution in [-0.2, 0) is 9.59 Å². The fourth-order valence-corrected chi connectivity index (χ4v) is 3.19. The maximum absolute atomic E-state index is 13.8. The molecule has 0 aromatic heterocycles. The molecule has 0 bridgehead atoms. The number of nitrogens with one attached hydrogen (secondary N) is 2. The Hall–Kier alpha value is -3.09. The Labute approximate surface area is 156 Å². The molecule has 27 heavy (non-hydrogen) atoms. The molecular weight excluding hydrogens is 351 g/mol. The van der Waals surface area contributed by atoms with E-state index in [0.29, 0.717) is 23.5 Å². The molecule has 1 aliphatic rings. The monoisotopic (exact) mass is 372 g/mol. The van der Waals surface area contributed by atoms with Crippen molar-refractivity contribution in [2.75, 3.05) is 24.9 Å². The van der Waals surface area contributed by atoms with Crippen LogP contribution in [0.1, 0.15) is 36.8 Å². The number of hydrogen-bond donors (Lipinski definition) is 2. The Morgan fingerprint density at radius 1 is 1.22 bits per heavy atom. The van der Waals surface area contributed by atoms with Gasteiger partial charge >= 0.3 is 0 Å². The predicted molar refractivity (Wildman–Crippen MR) is 100.0 cm³/mol. The van der Waals surface area contributed by atoms with Crippen molar-refractivity contribution < 1.29 is 23.5 Å². The van der Waals surface area contributed by atoms with Gasteiger partial charge in [0.1, 0.15) is 5.75 Å². The Morgan fingerprint density at radius 3 is 2.63 bits per heavy atom. The van der Waals surface area contributed by atoms with Gasteiger partial charge in [-0.2, -0.15) is 0 Å². The zero-order chi connectivity index (χ0) is 19.6. The van der Waals surface area contributed by atoms with E-state index in [1.807, 2.05) is 0 Å². The Morgan fingerprint density at radius 2 is 1.96 bits per heavy atom. The highest BCUT2D eigenvalue weighted by Gasteiger charge is 2.29. The fourth-order valence-electron chi connectivity index (χ4n) is 3.19. The zero-order valence-corrected chi connectivity index (χ0v) is 15.4. The average molecular weight is 372 g/mol. The van der Waals surface area contributed by atoms with Gasteiger partial charge in [0.15, 0.2) is 11.6 Å². The Kier molecular flexibility index (Phi) is 5.30. The summed E-state index contributed by atoms with van der Waals surface area (Å²) in [6.45, 7) is 1.76. The molecule has 1 unspecified atom stereocenters. The van der Waals surface area contributed by atoms with Crippen LogP contribution in [0.25, 0.3) is 0 Å². The molecule has 6 nitrogen and oxygen atoms in total. The molecule has 0 fully saturated rings. The van der Waals surface area contributed by atoms with Crippen molar-refractivity contribution in [3.8, 4) is 11.5 Å². The standard InChI is InChI=1S/C20H21FN2O4/c1-4-19(24)23-16-8-13-12(11-5-6-14(21)17(7-11)26-2)9-20(25)22-15(13)10-18(16)27-3/h5-8,10,12H,4,9H2,1-3H3,(H,22,25)(H,23,24). The Bertz CT molecular complexity index is 898. The van der Waals surface area contributed by atoms with Crippen LogP contribution in [0.4, 0.5) is 15.8 Å². The third kappa shape index (κ3) is 3.72. The highest BCUT2D eigenvalue weighted by Crippen LogP contribution is 2.43. The molecular formula is C20H21FN2O4. The fraction of sp³-hybridized carbons (Fsp3) is 0.300. The minimum Gasteiger partial charge on any atom is -0.494 e. The summed E-state index contributed by atoms with van der Waals surface area (Å²) < 4.78 is 24.2. The third-order valence-corrected chi connectivity index (χ3v) is 4.58. The topological polar surface area (TPSA) is 76.7 Å². The van der Waals surface area contributed by atoms with Crippen LogP contribution >= 0.6 is 0 Å². The first-order chi connectivity index (χ1) is 13.0. The predicted octanol–water partition coefficient (Wildman–Crippen LogP) is 3.67. The minimum atomic E-state index is -0.465. The number of carbonyl (C=O) groups excluding carboxylic acids is 2. The molecule has 0 saturated carbocycles. The molecule has 3 rings (SSSR count). The van der Waals surface area contributed by atoms with Crippen molar-refractivity contribution in [3.63, 3.8) is 0 Å². The molecule has 2 aromatic rings. The first-order valence-corrected chi connectivity index (χ1v) is 8.61. The lowest BCUT2D eigenvalue weighted by atomic mass is 9.84. The number of rotatable bonds is 5. The van der Waals surface area contributed by atoms with Gasteiger partial charge < -0.3 is 20.1 Å². The van der Waals surface area contributed by atoms with Crippen LogP contribution in [0.15, 0.2) is 30.3 Å². The van der Waals surface area contributed by atoms with Crippen molar-refractivity contribution in [2.45, 2.75) is 25.7 Å².